The van der Waals surface area contributed by atoms with Gasteiger partial charge in [0.15, 0.2) is 17.8 Å². The van der Waals surface area contributed by atoms with E-state index < -0.39 is 71.7 Å². The molecular formula is C34H43F4N5O5. The van der Waals surface area contributed by atoms with Crippen LogP contribution in [0, 0.1) is 17.0 Å². The molecule has 1 aromatic heterocycles. The van der Waals surface area contributed by atoms with Crippen LogP contribution in [-0.2, 0) is 25.6 Å². The Labute approximate surface area is 277 Å². The summed E-state index contributed by atoms with van der Waals surface area (Å²) < 4.78 is 69.6. The van der Waals surface area contributed by atoms with E-state index in [1.807, 2.05) is 18.2 Å². The molecule has 3 rings (SSSR count). The van der Waals surface area contributed by atoms with Crippen LogP contribution in [0.5, 0.6) is 0 Å². The lowest BCUT2D eigenvalue weighted by atomic mass is 9.84. The number of carbonyl (C=O) groups excluding carboxylic acids is 3. The second-order valence-electron chi connectivity index (χ2n) is 13.5. The van der Waals surface area contributed by atoms with E-state index in [0.717, 1.165) is 30.7 Å². The van der Waals surface area contributed by atoms with Crippen molar-refractivity contribution in [3.63, 3.8) is 0 Å². The number of carbonyl (C=O) groups is 3. The lowest BCUT2D eigenvalue weighted by Crippen LogP contribution is -2.50. The maximum absolute atomic E-state index is 15.0. The number of benzene rings is 2. The Morgan fingerprint density at radius 1 is 1.00 bits per heavy atom. The Morgan fingerprint density at radius 2 is 1.65 bits per heavy atom. The molecule has 0 spiro atoms. The summed E-state index contributed by atoms with van der Waals surface area (Å²) in [5.74, 6) is -3.00. The third kappa shape index (κ3) is 10.5. The molecule has 0 aliphatic carbocycles. The SMILES string of the molecule is CC(=O)O[C@@H](C)C(=O)N(CCC(NC(=O)OC(C)(C)C)C(F)F)[C@@H](c1nc(-c2cc(F)ccc2F)nn1Cc1ccccc1)C(C)(C)C. The number of nitrogens with zero attached hydrogens (tertiary/aromatic N) is 4. The van der Waals surface area contributed by atoms with Gasteiger partial charge in [0.1, 0.15) is 17.2 Å². The highest BCUT2D eigenvalue weighted by Crippen LogP contribution is 2.39. The van der Waals surface area contributed by atoms with Crippen LogP contribution in [0.1, 0.15) is 79.2 Å². The molecular weight excluding hydrogens is 634 g/mol. The normalized spacial score (nSPS) is 13.9. The van der Waals surface area contributed by atoms with Crippen LogP contribution in [0.15, 0.2) is 48.5 Å². The van der Waals surface area contributed by atoms with Crippen LogP contribution in [0.4, 0.5) is 22.4 Å². The molecule has 0 aliphatic rings. The van der Waals surface area contributed by atoms with Crippen molar-refractivity contribution in [3.8, 4) is 11.4 Å². The van der Waals surface area contributed by atoms with Crippen molar-refractivity contribution in [1.29, 1.82) is 0 Å². The van der Waals surface area contributed by atoms with E-state index in [4.69, 9.17) is 9.47 Å². The molecule has 3 aromatic rings. The van der Waals surface area contributed by atoms with E-state index in [9.17, 15) is 31.9 Å². The van der Waals surface area contributed by atoms with Crippen molar-refractivity contribution < 1.29 is 41.4 Å². The molecule has 1 N–H and O–H groups in total. The fraction of sp³-hybridized carbons (Fsp3) is 0.500. The summed E-state index contributed by atoms with van der Waals surface area (Å²) in [7, 11) is 0. The van der Waals surface area contributed by atoms with E-state index in [2.05, 4.69) is 15.4 Å². The summed E-state index contributed by atoms with van der Waals surface area (Å²) in [4.78, 5) is 44.2. The Bertz CT molecular complexity index is 1570. The van der Waals surface area contributed by atoms with Gasteiger partial charge >= 0.3 is 12.1 Å². The van der Waals surface area contributed by atoms with Crippen molar-refractivity contribution in [1.82, 2.24) is 25.0 Å². The van der Waals surface area contributed by atoms with E-state index >= 15 is 0 Å². The van der Waals surface area contributed by atoms with E-state index in [-0.39, 0.29) is 30.3 Å². The van der Waals surface area contributed by atoms with Gasteiger partial charge in [-0.05, 0) is 63.3 Å². The molecule has 2 aromatic carbocycles. The fourth-order valence-electron chi connectivity index (χ4n) is 5.10. The van der Waals surface area contributed by atoms with Crippen molar-refractivity contribution in [2.24, 2.45) is 5.41 Å². The lowest BCUT2D eigenvalue weighted by molar-refractivity contribution is -0.160. The number of rotatable bonds is 12. The molecule has 48 heavy (non-hydrogen) atoms. The maximum Gasteiger partial charge on any atom is 0.408 e. The minimum absolute atomic E-state index is 0.105. The minimum Gasteiger partial charge on any atom is -0.453 e. The zero-order chi connectivity index (χ0) is 36.0. The molecule has 0 saturated carbocycles. The van der Waals surface area contributed by atoms with Crippen molar-refractivity contribution in [2.75, 3.05) is 6.54 Å². The summed E-state index contributed by atoms with van der Waals surface area (Å²) in [5, 5.41) is 6.71. The van der Waals surface area contributed by atoms with Gasteiger partial charge in [-0.25, -0.2) is 32.0 Å². The Kier molecular flexibility index (Phi) is 12.3. The number of alkyl carbamates (subject to hydrolysis) is 1. The van der Waals surface area contributed by atoms with E-state index in [1.54, 1.807) is 53.7 Å². The molecule has 0 fully saturated rings. The standard InChI is InChI=1S/C34H43F4N5O5/c1-20(47-21(2)44)31(45)42(17-16-26(28(37)38)39-32(46)48-34(6,7)8)27(33(3,4)5)30-40-29(24-18-23(35)14-15-25(24)36)41-43(30)19-22-12-10-9-11-13-22/h9-15,18,20,26-28H,16-17,19H2,1-8H3,(H,39,46)/t20-,26?,27-/m0/s1. The molecule has 262 valence electrons. The average molecular weight is 678 g/mol. The first-order valence-electron chi connectivity index (χ1n) is 15.5. The van der Waals surface area contributed by atoms with Gasteiger partial charge in [-0.3, -0.25) is 9.59 Å². The predicted octanol–water partition coefficient (Wildman–Crippen LogP) is 6.69. The van der Waals surface area contributed by atoms with Crippen LogP contribution in [0.3, 0.4) is 0 Å². The monoisotopic (exact) mass is 677 g/mol. The quantitative estimate of drug-likeness (QED) is 0.168. The van der Waals surface area contributed by atoms with Crippen LogP contribution < -0.4 is 5.32 Å². The van der Waals surface area contributed by atoms with E-state index in [0.29, 0.717) is 0 Å². The average Bonchev–Trinajstić information content (AvgIpc) is 3.35. The number of hydrogen-bond donors (Lipinski definition) is 1. The van der Waals surface area contributed by atoms with Gasteiger partial charge < -0.3 is 19.7 Å². The van der Waals surface area contributed by atoms with Crippen molar-refractivity contribution in [2.45, 2.75) is 98.6 Å². The van der Waals surface area contributed by atoms with Crippen LogP contribution in [-0.4, -0.2) is 68.4 Å². The molecule has 0 bridgehead atoms. The second kappa shape index (κ2) is 15.6. The summed E-state index contributed by atoms with van der Waals surface area (Å²) in [6.07, 6.45) is -5.85. The van der Waals surface area contributed by atoms with Gasteiger partial charge in [0.2, 0.25) is 0 Å². The Morgan fingerprint density at radius 3 is 2.21 bits per heavy atom. The highest BCUT2D eigenvalue weighted by atomic mass is 19.3. The number of alkyl halides is 2. The maximum atomic E-state index is 15.0. The summed E-state index contributed by atoms with van der Waals surface area (Å²) in [5.41, 5.74) is -1.28. The number of amides is 2. The molecule has 0 aliphatic heterocycles. The summed E-state index contributed by atoms with van der Waals surface area (Å²) in [6, 6.07) is 9.17. The molecule has 1 unspecified atom stereocenters. The number of nitrogens with one attached hydrogen (secondary N) is 1. The predicted molar refractivity (Wildman–Crippen MR) is 170 cm³/mol. The lowest BCUT2D eigenvalue weighted by Gasteiger charge is -2.41. The molecule has 0 saturated heterocycles. The molecule has 0 radical (unpaired) electrons. The molecule has 1 heterocycles. The first-order chi connectivity index (χ1) is 22.3. The van der Waals surface area contributed by atoms with Crippen LogP contribution in [0.2, 0.25) is 0 Å². The zero-order valence-electron chi connectivity index (χ0n) is 28.4. The van der Waals surface area contributed by atoms with Gasteiger partial charge in [0.05, 0.1) is 24.2 Å². The van der Waals surface area contributed by atoms with Crippen molar-refractivity contribution >= 4 is 18.0 Å². The third-order valence-electron chi connectivity index (χ3n) is 7.08. The molecule has 3 atom stereocenters. The number of halogens is 4. The van der Waals surface area contributed by atoms with Crippen LogP contribution >= 0.6 is 0 Å². The molecule has 2 amide bonds. The fourth-order valence-corrected chi connectivity index (χ4v) is 5.10. The topological polar surface area (TPSA) is 116 Å². The molecule has 14 heteroatoms. The smallest absolute Gasteiger partial charge is 0.408 e. The Hall–Kier alpha value is -4.49. The highest BCUT2D eigenvalue weighted by Gasteiger charge is 2.41. The summed E-state index contributed by atoms with van der Waals surface area (Å²) >= 11 is 0. The van der Waals surface area contributed by atoms with Gasteiger partial charge in [0.25, 0.3) is 12.3 Å². The number of hydrogen-bond acceptors (Lipinski definition) is 7. The number of aromatic nitrogens is 3. The van der Waals surface area contributed by atoms with Gasteiger partial charge in [-0.1, -0.05) is 51.1 Å². The van der Waals surface area contributed by atoms with Gasteiger partial charge in [-0.2, -0.15) is 5.10 Å². The van der Waals surface area contributed by atoms with Gasteiger partial charge in [-0.15, -0.1) is 0 Å². The van der Waals surface area contributed by atoms with E-state index in [1.165, 1.54) is 16.5 Å². The van der Waals surface area contributed by atoms with Crippen LogP contribution in [0.25, 0.3) is 11.4 Å². The Balaban J connectivity index is 2.18. The number of esters is 1. The second-order valence-corrected chi connectivity index (χ2v) is 13.5. The zero-order valence-corrected chi connectivity index (χ0v) is 28.4. The largest absolute Gasteiger partial charge is 0.453 e. The first-order valence-corrected chi connectivity index (χ1v) is 15.5. The van der Waals surface area contributed by atoms with Crippen molar-refractivity contribution in [3.05, 3.63) is 71.6 Å². The third-order valence-corrected chi connectivity index (χ3v) is 7.08. The summed E-state index contributed by atoms with van der Waals surface area (Å²) in [6.45, 7) is 12.3. The molecule has 10 nitrogen and oxygen atoms in total. The van der Waals surface area contributed by atoms with Gasteiger partial charge in [0, 0.05) is 13.5 Å². The first kappa shape index (κ1) is 38.0. The number of ether oxygens (including phenoxy) is 2. The minimum atomic E-state index is -3.03. The highest BCUT2D eigenvalue weighted by molar-refractivity contribution is 5.83.